The molecule has 2 rings (SSSR count). The first-order chi connectivity index (χ1) is 8.59. The van der Waals surface area contributed by atoms with Gasteiger partial charge in [0.2, 0.25) is 5.91 Å². The molecular formula is C13H18ClN3O. The monoisotopic (exact) mass is 267 g/mol. The van der Waals surface area contributed by atoms with E-state index in [1.165, 1.54) is 0 Å². The lowest BCUT2D eigenvalue weighted by Gasteiger charge is -2.20. The molecule has 0 saturated carbocycles. The highest BCUT2D eigenvalue weighted by molar-refractivity contribution is 6.34. The molecule has 0 radical (unpaired) electrons. The normalized spacial score (nSPS) is 18.7. The smallest absolute Gasteiger partial charge is 0.228 e. The van der Waals surface area contributed by atoms with Gasteiger partial charge < -0.3 is 15.5 Å². The number of para-hydroxylation sites is 1. The van der Waals surface area contributed by atoms with Gasteiger partial charge >= 0.3 is 0 Å². The van der Waals surface area contributed by atoms with E-state index in [0.717, 1.165) is 30.9 Å². The molecule has 2 N–H and O–H groups in total. The van der Waals surface area contributed by atoms with Gasteiger partial charge in [0.25, 0.3) is 0 Å². The summed E-state index contributed by atoms with van der Waals surface area (Å²) in [6, 6.07) is 5.54. The number of halogens is 1. The molecule has 1 amide bonds. The number of carbonyl (C=O) groups excluding carboxylic acids is 1. The van der Waals surface area contributed by atoms with Crippen LogP contribution >= 0.6 is 11.6 Å². The van der Waals surface area contributed by atoms with Crippen LogP contribution in [0, 0.1) is 5.92 Å². The van der Waals surface area contributed by atoms with Crippen LogP contribution in [-0.4, -0.2) is 33.1 Å². The van der Waals surface area contributed by atoms with Crippen molar-refractivity contribution in [2.45, 2.75) is 6.42 Å². The van der Waals surface area contributed by atoms with Gasteiger partial charge in [-0.3, -0.25) is 4.79 Å². The maximum atomic E-state index is 12.1. The summed E-state index contributed by atoms with van der Waals surface area (Å²) in [6.45, 7) is 1.66. The maximum Gasteiger partial charge on any atom is 0.228 e. The summed E-state index contributed by atoms with van der Waals surface area (Å²) < 4.78 is 0. The molecule has 4 nitrogen and oxygen atoms in total. The lowest BCUT2D eigenvalue weighted by molar-refractivity contribution is -0.119. The van der Waals surface area contributed by atoms with Crippen molar-refractivity contribution in [3.63, 3.8) is 0 Å². The summed E-state index contributed by atoms with van der Waals surface area (Å²) in [5, 5.41) is 6.80. The first-order valence-electron chi connectivity index (χ1n) is 6.07. The highest BCUT2D eigenvalue weighted by Crippen LogP contribution is 2.32. The number of nitrogens with zero attached hydrogens (tertiary/aromatic N) is 1. The Balaban J connectivity index is 2.18. The van der Waals surface area contributed by atoms with E-state index in [1.807, 2.05) is 37.2 Å². The minimum Gasteiger partial charge on any atom is -0.375 e. The van der Waals surface area contributed by atoms with Gasteiger partial charge in [-0.25, -0.2) is 0 Å². The van der Waals surface area contributed by atoms with Crippen LogP contribution in [-0.2, 0) is 4.79 Å². The molecule has 1 aromatic carbocycles. The van der Waals surface area contributed by atoms with Crippen molar-refractivity contribution in [1.82, 2.24) is 5.32 Å². The standard InChI is InChI=1S/C13H18ClN3O/c1-17(2)12-10(14)4-3-5-11(12)16-13(18)9-6-7-15-8-9/h3-5,9,15H,6-8H2,1-2H3,(H,16,18). The minimum absolute atomic E-state index is 0.0546. The zero-order valence-electron chi connectivity index (χ0n) is 10.7. The molecule has 0 bridgehead atoms. The Hall–Kier alpha value is -1.26. The lowest BCUT2D eigenvalue weighted by Crippen LogP contribution is -2.25. The van der Waals surface area contributed by atoms with Gasteiger partial charge in [-0.15, -0.1) is 0 Å². The van der Waals surface area contributed by atoms with Gasteiger partial charge in [-0.2, -0.15) is 0 Å². The van der Waals surface area contributed by atoms with Crippen LogP contribution in [0.25, 0.3) is 0 Å². The minimum atomic E-state index is 0.0546. The lowest BCUT2D eigenvalue weighted by atomic mass is 10.1. The number of amides is 1. The third-order valence-electron chi connectivity index (χ3n) is 3.12. The molecule has 1 aliphatic heterocycles. The number of anilines is 2. The SMILES string of the molecule is CN(C)c1c(Cl)cccc1NC(=O)C1CCNC1. The third-order valence-corrected chi connectivity index (χ3v) is 3.43. The van der Waals surface area contributed by atoms with Gasteiger partial charge in [0, 0.05) is 20.6 Å². The van der Waals surface area contributed by atoms with Crippen molar-refractivity contribution in [3.8, 4) is 0 Å². The Labute approximate surface area is 112 Å². The Bertz CT molecular complexity index is 442. The molecule has 1 saturated heterocycles. The predicted molar refractivity (Wildman–Crippen MR) is 75.4 cm³/mol. The summed E-state index contributed by atoms with van der Waals surface area (Å²) in [7, 11) is 3.82. The van der Waals surface area contributed by atoms with E-state index in [0.29, 0.717) is 5.02 Å². The summed E-state index contributed by atoms with van der Waals surface area (Å²) in [6.07, 6.45) is 0.893. The molecule has 5 heteroatoms. The fourth-order valence-electron chi connectivity index (χ4n) is 2.18. The van der Waals surface area contributed by atoms with Crippen LogP contribution in [0.1, 0.15) is 6.42 Å². The first kappa shape index (κ1) is 13.2. The number of nitrogens with one attached hydrogen (secondary N) is 2. The quantitative estimate of drug-likeness (QED) is 0.880. The average Bonchev–Trinajstić information content (AvgIpc) is 2.81. The van der Waals surface area contributed by atoms with Crippen LogP contribution in [0.4, 0.5) is 11.4 Å². The topological polar surface area (TPSA) is 44.4 Å². The van der Waals surface area contributed by atoms with Gasteiger partial charge in [0.15, 0.2) is 0 Å². The second kappa shape index (κ2) is 5.59. The zero-order valence-corrected chi connectivity index (χ0v) is 11.4. The molecule has 1 aliphatic rings. The molecule has 0 aliphatic carbocycles. The van der Waals surface area contributed by atoms with E-state index >= 15 is 0 Å². The molecular weight excluding hydrogens is 250 g/mol. The molecule has 1 aromatic rings. The number of hydrogen-bond acceptors (Lipinski definition) is 3. The highest BCUT2D eigenvalue weighted by atomic mass is 35.5. The molecule has 1 fully saturated rings. The largest absolute Gasteiger partial charge is 0.375 e. The van der Waals surface area contributed by atoms with Crippen LogP contribution in [0.3, 0.4) is 0 Å². The summed E-state index contributed by atoms with van der Waals surface area (Å²) in [4.78, 5) is 14.0. The van der Waals surface area contributed by atoms with Crippen LogP contribution in [0.5, 0.6) is 0 Å². The van der Waals surface area contributed by atoms with Crippen molar-refractivity contribution in [3.05, 3.63) is 23.2 Å². The van der Waals surface area contributed by atoms with E-state index in [9.17, 15) is 4.79 Å². The van der Waals surface area contributed by atoms with E-state index in [4.69, 9.17) is 11.6 Å². The zero-order chi connectivity index (χ0) is 13.1. The molecule has 18 heavy (non-hydrogen) atoms. The second-order valence-corrected chi connectivity index (χ2v) is 5.12. The van der Waals surface area contributed by atoms with Gasteiger partial charge in [-0.1, -0.05) is 17.7 Å². The van der Waals surface area contributed by atoms with Gasteiger partial charge in [0.1, 0.15) is 0 Å². The number of benzene rings is 1. The summed E-state index contributed by atoms with van der Waals surface area (Å²) >= 11 is 6.16. The molecule has 1 unspecified atom stereocenters. The second-order valence-electron chi connectivity index (χ2n) is 4.71. The molecule has 1 heterocycles. The highest BCUT2D eigenvalue weighted by Gasteiger charge is 2.23. The van der Waals surface area contributed by atoms with Crippen molar-refractivity contribution in [2.24, 2.45) is 5.92 Å². The molecule has 1 atom stereocenters. The van der Waals surface area contributed by atoms with Crippen molar-refractivity contribution in [2.75, 3.05) is 37.4 Å². The average molecular weight is 268 g/mol. The fraction of sp³-hybridized carbons (Fsp3) is 0.462. The predicted octanol–water partition coefficient (Wildman–Crippen LogP) is 1.95. The van der Waals surface area contributed by atoms with Crippen molar-refractivity contribution >= 4 is 28.9 Å². The van der Waals surface area contributed by atoms with E-state index in [2.05, 4.69) is 10.6 Å². The van der Waals surface area contributed by atoms with E-state index in [1.54, 1.807) is 0 Å². The fourth-order valence-corrected chi connectivity index (χ4v) is 2.53. The molecule has 0 spiro atoms. The van der Waals surface area contributed by atoms with E-state index in [-0.39, 0.29) is 11.8 Å². The van der Waals surface area contributed by atoms with Gasteiger partial charge in [0.05, 0.1) is 22.3 Å². The number of hydrogen-bond donors (Lipinski definition) is 2. The van der Waals surface area contributed by atoms with Crippen molar-refractivity contribution in [1.29, 1.82) is 0 Å². The van der Waals surface area contributed by atoms with Gasteiger partial charge in [-0.05, 0) is 25.1 Å². The first-order valence-corrected chi connectivity index (χ1v) is 6.45. The number of rotatable bonds is 3. The Morgan fingerprint density at radius 1 is 1.50 bits per heavy atom. The third kappa shape index (κ3) is 2.76. The van der Waals surface area contributed by atoms with Crippen LogP contribution < -0.4 is 15.5 Å². The Morgan fingerprint density at radius 3 is 2.89 bits per heavy atom. The Morgan fingerprint density at radius 2 is 2.28 bits per heavy atom. The molecule has 0 aromatic heterocycles. The van der Waals surface area contributed by atoms with Crippen molar-refractivity contribution < 1.29 is 4.79 Å². The summed E-state index contributed by atoms with van der Waals surface area (Å²) in [5.74, 6) is 0.115. The summed E-state index contributed by atoms with van der Waals surface area (Å²) in [5.41, 5.74) is 1.61. The number of carbonyl (C=O) groups is 1. The Kier molecular flexibility index (Phi) is 4.09. The molecule has 98 valence electrons. The van der Waals surface area contributed by atoms with Crippen LogP contribution in [0.2, 0.25) is 5.02 Å². The van der Waals surface area contributed by atoms with Crippen LogP contribution in [0.15, 0.2) is 18.2 Å². The maximum absolute atomic E-state index is 12.1. The van der Waals surface area contributed by atoms with E-state index < -0.39 is 0 Å².